The fourth-order valence-corrected chi connectivity index (χ4v) is 13.3. The second-order valence-corrected chi connectivity index (χ2v) is 36.1. The number of likely N-dealkylation sites (N-methyl/N-ethyl adjacent to an activating group) is 2. The van der Waals surface area contributed by atoms with Crippen molar-refractivity contribution in [2.24, 2.45) is 17.2 Å². The lowest BCUT2D eigenvalue weighted by Crippen LogP contribution is -2.37. The summed E-state index contributed by atoms with van der Waals surface area (Å²) in [5.74, 6) is 0.840. The number of anilines is 4. The highest BCUT2D eigenvalue weighted by atomic mass is 35.5. The fourth-order valence-electron chi connectivity index (χ4n) is 11.7. The molecule has 40 heteroatoms. The second kappa shape index (κ2) is 61.8. The Balaban J connectivity index is 0.000000379. The predicted octanol–water partition coefficient (Wildman–Crippen LogP) is 14.4. The summed E-state index contributed by atoms with van der Waals surface area (Å²) < 4.78 is 100. The molecule has 9 rings (SSSR count). The molecule has 9 aromatic rings. The standard InChI is InChI=1S/C54H66N5O14P.C30H40N3O10P.C8H4Cl2O2.C6H16N2/c1-38(60)39-11-9-13-41(33-39)52(62)57-24-8-6-7-15-50(55)51(61)40-12-10-14-42(34-40)53(63)58-45-18-22-47(23-19-45)73-49-36-43(35-48(37-49)72-46-20-16-44(56-2)17-21-46)54(64)69-31-29-67-27-28-68-30-32-71-74(65,66)70-26-25-59(3,4)5;1-33(2,3)12-13-40-44(35,36)41-19-17-38-15-14-37-16-18-39-30(34)23-20-28(42-26-8-4-24(31)5-9-26)22-29(21-23)43-27-10-6-25(32)7-11-27;9-7(11)5-2-1-3-6(4-5)8(10)12;7-5-3-1-2-4-6-8/h9-14,16-23,33-37,50,56H,6-8,15,24-32,55H2,1-5H3,(H2-,57,58,62,63,65,66);4-11,20-22H,12-19,31-32H2,1-3H3;1-4H;1-8H2. The zero-order chi connectivity index (χ0) is 101. The van der Waals surface area contributed by atoms with Gasteiger partial charge in [-0.05, 0) is 221 Å². The first-order valence-corrected chi connectivity index (χ1v) is 48.0. The van der Waals surface area contributed by atoms with Crippen molar-refractivity contribution >= 4 is 107 Å². The average Bonchev–Trinajstić information content (AvgIpc) is 0.833. The number of ether oxygens (including phenoxy) is 10. The lowest BCUT2D eigenvalue weighted by Gasteiger charge is -2.27. The summed E-state index contributed by atoms with van der Waals surface area (Å²) >= 11 is 10.4. The number of nitrogen functional groups attached to an aromatic ring is 2. The van der Waals surface area contributed by atoms with Crippen molar-refractivity contribution in [3.05, 3.63) is 251 Å². The van der Waals surface area contributed by atoms with Crippen LogP contribution in [0.25, 0.3) is 0 Å². The smallest absolute Gasteiger partial charge is 0.338 e. The lowest BCUT2D eigenvalue weighted by atomic mass is 9.98. The van der Waals surface area contributed by atoms with Gasteiger partial charge in [-0.3, -0.25) is 37.9 Å². The highest BCUT2D eigenvalue weighted by Gasteiger charge is 2.22. The molecule has 0 aliphatic heterocycles. The molecule has 2 amide bonds. The zero-order valence-electron chi connectivity index (χ0n) is 78.8. The van der Waals surface area contributed by atoms with Gasteiger partial charge in [0.25, 0.3) is 37.9 Å². The third kappa shape index (κ3) is 48.2. The number of carbonyl (C=O) groups excluding carboxylic acids is 8. The third-order valence-corrected chi connectivity index (χ3v) is 21.5. The van der Waals surface area contributed by atoms with Gasteiger partial charge in [-0.1, -0.05) is 68.1 Å². The van der Waals surface area contributed by atoms with Crippen molar-refractivity contribution in [2.75, 3.05) is 197 Å². The maximum absolute atomic E-state index is 13.3. The van der Waals surface area contributed by atoms with E-state index in [0.29, 0.717) is 122 Å². The normalized spacial score (nSPS) is 12.2. The number of ketones is 2. The molecule has 0 bridgehead atoms. The van der Waals surface area contributed by atoms with Crippen LogP contribution in [0.1, 0.15) is 141 Å². The number of Topliss-reactive ketones (excluding diaryl/α,β-unsaturated/α-hetero) is 2. The molecular weight excluding hydrogens is 1870 g/mol. The first-order valence-electron chi connectivity index (χ1n) is 44.4. The summed E-state index contributed by atoms with van der Waals surface area (Å²) in [6.45, 7) is 5.04. The van der Waals surface area contributed by atoms with E-state index in [4.69, 9.17) is 117 Å². The van der Waals surface area contributed by atoms with Crippen LogP contribution in [0.15, 0.2) is 206 Å². The maximum atomic E-state index is 13.3. The van der Waals surface area contributed by atoms with Crippen LogP contribution in [0.2, 0.25) is 0 Å². The van der Waals surface area contributed by atoms with E-state index < -0.39 is 50.0 Å². The molecule has 0 spiro atoms. The molecular formula is C98H126Cl2N10O26P2. The molecule has 748 valence electrons. The predicted molar refractivity (Wildman–Crippen MR) is 523 cm³/mol. The fraction of sp³-hybridized carbons (Fsp3) is 0.367. The van der Waals surface area contributed by atoms with Crippen molar-refractivity contribution in [1.29, 1.82) is 0 Å². The van der Waals surface area contributed by atoms with E-state index in [0.717, 1.165) is 38.0 Å². The number of rotatable bonds is 58. The number of benzene rings is 9. The van der Waals surface area contributed by atoms with E-state index in [1.807, 2.05) is 54.4 Å². The lowest BCUT2D eigenvalue weighted by molar-refractivity contribution is -0.870. The molecule has 9 aromatic carbocycles. The number of halogens is 2. The average molecular weight is 1990 g/mol. The number of quaternary nitrogens is 2. The molecule has 0 saturated carbocycles. The van der Waals surface area contributed by atoms with Crippen LogP contribution in [0, 0.1) is 0 Å². The largest absolute Gasteiger partial charge is 0.756 e. The maximum Gasteiger partial charge on any atom is 0.338 e. The van der Waals surface area contributed by atoms with E-state index in [1.165, 1.54) is 56.2 Å². The van der Waals surface area contributed by atoms with Crippen molar-refractivity contribution in [3.63, 3.8) is 0 Å². The van der Waals surface area contributed by atoms with Crippen LogP contribution < -0.4 is 73.4 Å². The Bertz CT molecular complexity index is 5290. The molecule has 0 radical (unpaired) electrons. The first-order chi connectivity index (χ1) is 65.8. The Hall–Kier alpha value is -11.4. The third-order valence-electron chi connectivity index (χ3n) is 19.1. The number of unbranched alkanes of at least 4 members (excludes halogenated alkanes) is 5. The van der Waals surface area contributed by atoms with E-state index in [2.05, 4.69) is 16.0 Å². The Morgan fingerprint density at radius 1 is 0.377 bits per heavy atom. The molecule has 0 aliphatic rings. The number of hydrogen-bond donors (Lipinski definition) is 8. The number of carbonyl (C=O) groups is 8. The summed E-state index contributed by atoms with van der Waals surface area (Å²) in [5.41, 5.74) is 33.2. The van der Waals surface area contributed by atoms with Gasteiger partial charge in [-0.2, -0.15) is 0 Å². The van der Waals surface area contributed by atoms with Gasteiger partial charge >= 0.3 is 11.9 Å². The van der Waals surface area contributed by atoms with Gasteiger partial charge in [0.15, 0.2) is 11.6 Å². The van der Waals surface area contributed by atoms with Crippen molar-refractivity contribution in [3.8, 4) is 46.0 Å². The highest BCUT2D eigenvalue weighted by Crippen LogP contribution is 2.40. The summed E-state index contributed by atoms with van der Waals surface area (Å²) in [4.78, 5) is 122. The van der Waals surface area contributed by atoms with Crippen molar-refractivity contribution in [2.45, 2.75) is 64.3 Å². The number of esters is 2. The van der Waals surface area contributed by atoms with E-state index >= 15 is 0 Å². The zero-order valence-corrected chi connectivity index (χ0v) is 82.1. The number of nitrogens with one attached hydrogen (secondary N) is 3. The van der Waals surface area contributed by atoms with Gasteiger partial charge in [-0.25, -0.2) is 9.59 Å². The molecule has 138 heavy (non-hydrogen) atoms. The van der Waals surface area contributed by atoms with Gasteiger partial charge in [0, 0.05) is 81.9 Å². The van der Waals surface area contributed by atoms with Gasteiger partial charge in [0.05, 0.1) is 126 Å². The summed E-state index contributed by atoms with van der Waals surface area (Å²) in [6, 6.07) is 54.8. The van der Waals surface area contributed by atoms with Crippen LogP contribution in [0.5, 0.6) is 46.0 Å². The highest BCUT2D eigenvalue weighted by molar-refractivity contribution is 7.46. The van der Waals surface area contributed by atoms with Crippen molar-refractivity contribution in [1.82, 2.24) is 5.32 Å². The molecule has 36 nitrogen and oxygen atoms in total. The van der Waals surface area contributed by atoms with E-state index in [-0.39, 0.29) is 144 Å². The van der Waals surface area contributed by atoms with Gasteiger partial charge < -0.3 is 129 Å². The molecule has 0 aromatic heterocycles. The van der Waals surface area contributed by atoms with E-state index in [1.54, 1.807) is 165 Å². The topological polar surface area (TPSA) is 512 Å². The van der Waals surface area contributed by atoms with Gasteiger partial charge in [0.2, 0.25) is 0 Å². The Kier molecular flexibility index (Phi) is 51.6. The second-order valence-electron chi connectivity index (χ2n) is 32.6. The number of phosphoric ester groups is 2. The Morgan fingerprint density at radius 3 is 1.09 bits per heavy atom. The van der Waals surface area contributed by atoms with Crippen LogP contribution in [0.3, 0.4) is 0 Å². The number of hydrogen-bond acceptors (Lipinski definition) is 32. The summed E-state index contributed by atoms with van der Waals surface area (Å²) in [7, 11) is 4.52. The Morgan fingerprint density at radius 2 is 0.710 bits per heavy atom. The van der Waals surface area contributed by atoms with E-state index in [9.17, 15) is 57.3 Å². The molecule has 0 saturated heterocycles. The minimum absolute atomic E-state index is 0.00209. The number of nitrogens with zero attached hydrogens (tertiary/aromatic N) is 2. The number of amides is 2. The SMILES string of the molecule is CNc1ccc(Oc2cc(Oc3ccc(NC(=O)c4cccc(C(=O)C(N)CCCCCNC(=O)c5cccc(C(C)=O)c5)c4)cc3)cc(C(=O)OCCOCCOCCOP(=O)([O-])OCC[N+](C)(C)C)c2)cc1.C[N+](C)(C)CCOP(=O)([O-])OCCOCCOCCOC(=O)c1cc(Oc2ccc(N)cc2)cc(Oc2ccc(N)cc2)c1.NCCCCCCN.O=C(Cl)c1cccc(C(=O)Cl)c1. The van der Waals surface area contributed by atoms with Crippen molar-refractivity contribution < 1.29 is 132 Å². The first kappa shape index (κ1) is 115. The van der Waals surface area contributed by atoms with Crippen LogP contribution in [-0.4, -0.2) is 235 Å². The molecule has 0 heterocycles. The summed E-state index contributed by atoms with van der Waals surface area (Å²) in [5, 5.41) is 7.54. The van der Waals surface area contributed by atoms with Crippen LogP contribution in [0.4, 0.5) is 22.7 Å². The molecule has 3 atom stereocenters. The van der Waals surface area contributed by atoms with Gasteiger partial charge in [0.1, 0.15) is 85.5 Å². The minimum atomic E-state index is -4.43. The number of phosphoric acid groups is 2. The molecule has 13 N–H and O–H groups in total. The van der Waals surface area contributed by atoms with Gasteiger partial charge in [-0.15, -0.1) is 0 Å². The van der Waals surface area contributed by atoms with Crippen LogP contribution >= 0.6 is 38.8 Å². The minimum Gasteiger partial charge on any atom is -0.756 e. The quantitative estimate of drug-likeness (QED) is 0.00334. The molecule has 0 fully saturated rings. The molecule has 3 unspecified atom stereocenters. The molecule has 0 aliphatic carbocycles. The Labute approximate surface area is 814 Å². The number of nitrogens with two attached hydrogens (primary N) is 5. The van der Waals surface area contributed by atoms with Crippen LogP contribution in [-0.2, 0) is 55.6 Å². The monoisotopic (exact) mass is 1990 g/mol. The summed E-state index contributed by atoms with van der Waals surface area (Å²) in [6.07, 6.45) is 7.29.